The van der Waals surface area contributed by atoms with E-state index in [0.29, 0.717) is 0 Å². The number of fused-ring (bicyclic) bond motifs is 8. The molecule has 0 radical (unpaired) electrons. The number of hydrogen-bond acceptors (Lipinski definition) is 1. The molecule has 0 amide bonds. The Bertz CT molecular complexity index is 2730. The van der Waals surface area contributed by atoms with E-state index in [1.165, 1.54) is 71.1 Å². The first kappa shape index (κ1) is 26.3. The first-order valence-corrected chi connectivity index (χ1v) is 16.5. The summed E-state index contributed by atoms with van der Waals surface area (Å²) in [5.41, 5.74) is 9.50. The number of hydrogen-bond donors (Lipinski definition) is 0. The predicted octanol–water partition coefficient (Wildman–Crippen LogP) is 13.3. The molecule has 0 aliphatic heterocycles. The zero-order valence-corrected chi connectivity index (χ0v) is 25.8. The highest BCUT2D eigenvalue weighted by molar-refractivity contribution is 6.24. The number of allylic oxidation sites excluding steroid dienone is 4. The third kappa shape index (κ3) is 4.03. The Hall–Kier alpha value is -5.92. The molecule has 0 atom stereocenters. The Labute approximate surface area is 272 Å². The molecule has 1 heteroatoms. The zero-order valence-electron chi connectivity index (χ0n) is 25.8. The SMILES string of the molecule is C1=CC(c2cc3ccccc3cc2-c2c3ccccc3c(-c3ccc4oc5c6ccccc6ccc5c4c3)c3ccccc23)=CCC1. The maximum absolute atomic E-state index is 6.50. The van der Waals surface area contributed by atoms with Gasteiger partial charge in [0.15, 0.2) is 0 Å². The molecule has 0 saturated heterocycles. The second-order valence-corrected chi connectivity index (χ2v) is 12.7. The molecule has 0 bridgehead atoms. The van der Waals surface area contributed by atoms with E-state index >= 15 is 0 Å². The Morgan fingerprint density at radius 3 is 1.72 bits per heavy atom. The van der Waals surface area contributed by atoms with Crippen LogP contribution in [0.1, 0.15) is 18.4 Å². The monoisotopic (exact) mass is 598 g/mol. The van der Waals surface area contributed by atoms with Crippen molar-refractivity contribution < 1.29 is 4.42 Å². The highest BCUT2D eigenvalue weighted by Gasteiger charge is 2.21. The fourth-order valence-electron chi connectivity index (χ4n) is 7.89. The van der Waals surface area contributed by atoms with Gasteiger partial charge in [-0.15, -0.1) is 0 Å². The fraction of sp³-hybridized carbons (Fsp3) is 0.0435. The van der Waals surface area contributed by atoms with Crippen LogP contribution in [0.5, 0.6) is 0 Å². The minimum absolute atomic E-state index is 0.917. The van der Waals surface area contributed by atoms with Crippen LogP contribution in [0.25, 0.3) is 92.9 Å². The molecule has 220 valence electrons. The molecule has 1 nitrogen and oxygen atoms in total. The summed E-state index contributed by atoms with van der Waals surface area (Å²) in [6.45, 7) is 0. The van der Waals surface area contributed by atoms with Crippen LogP contribution in [-0.4, -0.2) is 0 Å². The van der Waals surface area contributed by atoms with Gasteiger partial charge in [0.2, 0.25) is 0 Å². The first-order valence-electron chi connectivity index (χ1n) is 16.5. The Morgan fingerprint density at radius 2 is 1.04 bits per heavy atom. The van der Waals surface area contributed by atoms with Crippen molar-refractivity contribution in [3.63, 3.8) is 0 Å². The molecular weight excluding hydrogens is 569 g/mol. The molecule has 0 N–H and O–H groups in total. The lowest BCUT2D eigenvalue weighted by Gasteiger charge is -2.21. The third-order valence-corrected chi connectivity index (χ3v) is 10.0. The minimum Gasteiger partial charge on any atom is -0.455 e. The normalized spacial score (nSPS) is 13.4. The molecule has 8 aromatic carbocycles. The maximum atomic E-state index is 6.50. The van der Waals surface area contributed by atoms with Gasteiger partial charge in [-0.1, -0.05) is 127 Å². The summed E-state index contributed by atoms with van der Waals surface area (Å²) in [4.78, 5) is 0. The molecule has 10 rings (SSSR count). The summed E-state index contributed by atoms with van der Waals surface area (Å²) >= 11 is 0. The van der Waals surface area contributed by atoms with Gasteiger partial charge in [-0.2, -0.15) is 0 Å². The summed E-state index contributed by atoms with van der Waals surface area (Å²) in [7, 11) is 0. The fourth-order valence-corrected chi connectivity index (χ4v) is 7.89. The Morgan fingerprint density at radius 1 is 0.426 bits per heavy atom. The molecule has 1 aliphatic carbocycles. The van der Waals surface area contributed by atoms with Gasteiger partial charge in [0.05, 0.1) is 0 Å². The third-order valence-electron chi connectivity index (χ3n) is 10.0. The average Bonchev–Trinajstić information content (AvgIpc) is 3.52. The lowest BCUT2D eigenvalue weighted by Crippen LogP contribution is -1.95. The molecule has 47 heavy (non-hydrogen) atoms. The highest BCUT2D eigenvalue weighted by atomic mass is 16.3. The van der Waals surface area contributed by atoms with Crippen LogP contribution in [-0.2, 0) is 0 Å². The van der Waals surface area contributed by atoms with Gasteiger partial charge < -0.3 is 4.42 Å². The van der Waals surface area contributed by atoms with E-state index in [-0.39, 0.29) is 0 Å². The summed E-state index contributed by atoms with van der Waals surface area (Å²) < 4.78 is 6.50. The van der Waals surface area contributed by atoms with Crippen LogP contribution in [0.3, 0.4) is 0 Å². The standard InChI is InChI=1S/C46H30O/c1-2-12-29(13-3-1)40-26-31-15-4-5-16-32(31)27-42(40)45-37-20-10-8-18-35(37)44(36-19-9-11-21-38(36)45)33-23-25-43-41(28-33)39-24-22-30-14-6-7-17-34(30)46(39)47-43/h2,4-28H,1,3H2. The summed E-state index contributed by atoms with van der Waals surface area (Å²) in [6, 6.07) is 51.1. The summed E-state index contributed by atoms with van der Waals surface area (Å²) in [5.74, 6) is 0. The van der Waals surface area contributed by atoms with E-state index in [1.807, 2.05) is 0 Å². The minimum atomic E-state index is 0.917. The van der Waals surface area contributed by atoms with Crippen molar-refractivity contribution in [3.05, 3.63) is 163 Å². The second kappa shape index (κ2) is 10.3. The smallest absolute Gasteiger partial charge is 0.143 e. The largest absolute Gasteiger partial charge is 0.455 e. The molecule has 9 aromatic rings. The molecule has 0 spiro atoms. The van der Waals surface area contributed by atoms with Crippen molar-refractivity contribution in [2.24, 2.45) is 0 Å². The Kier molecular flexibility index (Phi) is 5.77. The van der Waals surface area contributed by atoms with E-state index in [9.17, 15) is 0 Å². The van der Waals surface area contributed by atoms with E-state index in [0.717, 1.165) is 40.2 Å². The quantitative estimate of drug-likeness (QED) is 0.184. The van der Waals surface area contributed by atoms with E-state index in [4.69, 9.17) is 4.42 Å². The van der Waals surface area contributed by atoms with Gasteiger partial charge in [0.1, 0.15) is 11.2 Å². The van der Waals surface area contributed by atoms with Gasteiger partial charge in [0.25, 0.3) is 0 Å². The van der Waals surface area contributed by atoms with Crippen molar-refractivity contribution in [1.82, 2.24) is 0 Å². The molecule has 0 saturated carbocycles. The lowest BCUT2D eigenvalue weighted by molar-refractivity contribution is 0.672. The van der Waals surface area contributed by atoms with Crippen LogP contribution in [0.4, 0.5) is 0 Å². The van der Waals surface area contributed by atoms with Crippen molar-refractivity contribution in [3.8, 4) is 22.3 Å². The first-order chi connectivity index (χ1) is 23.3. The van der Waals surface area contributed by atoms with E-state index in [2.05, 4.69) is 158 Å². The Balaban J connectivity index is 1.29. The van der Waals surface area contributed by atoms with Gasteiger partial charge in [-0.05, 0) is 114 Å². The topological polar surface area (TPSA) is 13.1 Å². The van der Waals surface area contributed by atoms with Crippen LogP contribution < -0.4 is 0 Å². The molecular formula is C46H30O. The number of benzene rings is 8. The van der Waals surface area contributed by atoms with Gasteiger partial charge >= 0.3 is 0 Å². The van der Waals surface area contributed by atoms with Crippen LogP contribution in [0, 0.1) is 0 Å². The summed E-state index contributed by atoms with van der Waals surface area (Å²) in [6.07, 6.45) is 9.19. The van der Waals surface area contributed by atoms with E-state index < -0.39 is 0 Å². The van der Waals surface area contributed by atoms with Gasteiger partial charge in [0, 0.05) is 16.2 Å². The van der Waals surface area contributed by atoms with E-state index in [1.54, 1.807) is 0 Å². The number of rotatable bonds is 3. The second-order valence-electron chi connectivity index (χ2n) is 12.7. The average molecular weight is 599 g/mol. The maximum Gasteiger partial charge on any atom is 0.143 e. The van der Waals surface area contributed by atoms with Crippen LogP contribution >= 0.6 is 0 Å². The molecule has 0 unspecified atom stereocenters. The number of furan rings is 1. The molecule has 1 heterocycles. The van der Waals surface area contributed by atoms with Crippen molar-refractivity contribution in [1.29, 1.82) is 0 Å². The zero-order chi connectivity index (χ0) is 30.9. The van der Waals surface area contributed by atoms with Gasteiger partial charge in [-0.3, -0.25) is 0 Å². The van der Waals surface area contributed by atoms with Gasteiger partial charge in [-0.25, -0.2) is 0 Å². The van der Waals surface area contributed by atoms with Crippen LogP contribution in [0.2, 0.25) is 0 Å². The lowest BCUT2D eigenvalue weighted by atomic mass is 9.82. The molecule has 1 aromatic heterocycles. The predicted molar refractivity (Wildman–Crippen MR) is 201 cm³/mol. The van der Waals surface area contributed by atoms with Crippen molar-refractivity contribution >= 4 is 70.6 Å². The van der Waals surface area contributed by atoms with Crippen molar-refractivity contribution in [2.75, 3.05) is 0 Å². The highest BCUT2D eigenvalue weighted by Crippen LogP contribution is 2.47. The van der Waals surface area contributed by atoms with Crippen LogP contribution in [0.15, 0.2) is 162 Å². The summed E-state index contributed by atoms with van der Waals surface area (Å²) in [5, 5.41) is 12.2. The molecule has 0 fully saturated rings. The van der Waals surface area contributed by atoms with Crippen molar-refractivity contribution in [2.45, 2.75) is 12.8 Å². The molecule has 1 aliphatic rings.